The number of ether oxygens (including phenoxy) is 1. The number of nitrogens with one attached hydrogen (secondary N) is 1. The van der Waals surface area contributed by atoms with Crippen LogP contribution in [0, 0.1) is 0 Å². The van der Waals surface area contributed by atoms with Crippen molar-refractivity contribution < 1.29 is 14.6 Å². The summed E-state index contributed by atoms with van der Waals surface area (Å²) in [5.41, 5.74) is 4.90. The van der Waals surface area contributed by atoms with Gasteiger partial charge in [0.1, 0.15) is 12.4 Å². The molecule has 0 radical (unpaired) electrons. The molecule has 29 heavy (non-hydrogen) atoms. The molecule has 0 saturated carbocycles. The molecular formula is C21H15BrCl2N2O3. The topological polar surface area (TPSA) is 70.9 Å². The van der Waals surface area contributed by atoms with Crippen molar-refractivity contribution in [1.29, 1.82) is 0 Å². The van der Waals surface area contributed by atoms with Gasteiger partial charge in [-0.1, -0.05) is 57.3 Å². The molecule has 0 unspecified atom stereocenters. The van der Waals surface area contributed by atoms with Gasteiger partial charge in [0.05, 0.1) is 22.5 Å². The smallest absolute Gasteiger partial charge is 0.337 e. The van der Waals surface area contributed by atoms with Crippen LogP contribution in [0.25, 0.3) is 0 Å². The van der Waals surface area contributed by atoms with Gasteiger partial charge in [0.15, 0.2) is 0 Å². The number of carboxylic acids is 1. The summed E-state index contributed by atoms with van der Waals surface area (Å²) in [6, 6.07) is 17.6. The minimum absolute atomic E-state index is 0.00177. The lowest BCUT2D eigenvalue weighted by atomic mass is 10.2. The zero-order chi connectivity index (χ0) is 20.8. The molecule has 0 saturated heterocycles. The summed E-state index contributed by atoms with van der Waals surface area (Å²) >= 11 is 15.5. The highest BCUT2D eigenvalue weighted by Gasteiger charge is 2.09. The quantitative estimate of drug-likeness (QED) is 0.292. The molecule has 0 heterocycles. The SMILES string of the molecule is O=C(O)c1cc(NN=Cc2cc(Br)ccc2OCc2ccccc2Cl)ccc1Cl. The highest BCUT2D eigenvalue weighted by molar-refractivity contribution is 9.10. The van der Waals surface area contributed by atoms with Crippen LogP contribution in [0.2, 0.25) is 10.0 Å². The predicted octanol–water partition coefficient (Wildman–Crippen LogP) is 6.48. The Bertz CT molecular complexity index is 1070. The summed E-state index contributed by atoms with van der Waals surface area (Å²) in [5.74, 6) is -0.481. The maximum atomic E-state index is 11.2. The Morgan fingerprint density at radius 3 is 2.66 bits per heavy atom. The van der Waals surface area contributed by atoms with Gasteiger partial charge < -0.3 is 9.84 Å². The number of anilines is 1. The minimum Gasteiger partial charge on any atom is -0.488 e. The van der Waals surface area contributed by atoms with Crippen molar-refractivity contribution >= 4 is 57.0 Å². The second-order valence-corrected chi connectivity index (χ2v) is 7.66. The number of aromatic carboxylic acids is 1. The van der Waals surface area contributed by atoms with Crippen molar-refractivity contribution in [2.75, 3.05) is 5.43 Å². The van der Waals surface area contributed by atoms with Gasteiger partial charge in [0.2, 0.25) is 0 Å². The Kier molecular flexibility index (Phi) is 7.14. The molecule has 5 nitrogen and oxygen atoms in total. The maximum absolute atomic E-state index is 11.2. The molecule has 3 aromatic rings. The summed E-state index contributed by atoms with van der Waals surface area (Å²) in [6.45, 7) is 0.314. The number of carbonyl (C=O) groups is 1. The third kappa shape index (κ3) is 5.73. The number of rotatable bonds is 7. The zero-order valence-corrected chi connectivity index (χ0v) is 18.0. The Morgan fingerprint density at radius 1 is 1.10 bits per heavy atom. The molecule has 0 amide bonds. The molecule has 0 aliphatic rings. The molecular weight excluding hydrogens is 479 g/mol. The number of hydrazone groups is 1. The number of benzene rings is 3. The van der Waals surface area contributed by atoms with E-state index in [0.29, 0.717) is 23.1 Å². The van der Waals surface area contributed by atoms with E-state index in [-0.39, 0.29) is 10.6 Å². The molecule has 148 valence electrons. The normalized spacial score (nSPS) is 10.9. The van der Waals surface area contributed by atoms with E-state index in [1.807, 2.05) is 42.5 Å². The van der Waals surface area contributed by atoms with Crippen molar-refractivity contribution in [3.63, 3.8) is 0 Å². The molecule has 0 atom stereocenters. The van der Waals surface area contributed by atoms with Crippen LogP contribution in [0.1, 0.15) is 21.5 Å². The lowest BCUT2D eigenvalue weighted by molar-refractivity contribution is 0.0697. The summed E-state index contributed by atoms with van der Waals surface area (Å²) < 4.78 is 6.77. The van der Waals surface area contributed by atoms with Crippen LogP contribution in [0.3, 0.4) is 0 Å². The molecule has 0 aromatic heterocycles. The van der Waals surface area contributed by atoms with Gasteiger partial charge >= 0.3 is 5.97 Å². The summed E-state index contributed by atoms with van der Waals surface area (Å²) in [5, 5.41) is 14.1. The van der Waals surface area contributed by atoms with Crippen LogP contribution in [-0.4, -0.2) is 17.3 Å². The van der Waals surface area contributed by atoms with Crippen LogP contribution in [0.15, 0.2) is 70.2 Å². The minimum atomic E-state index is -1.11. The van der Waals surface area contributed by atoms with Gasteiger partial charge in [-0.15, -0.1) is 0 Å². The first-order valence-electron chi connectivity index (χ1n) is 8.41. The Labute approximate surface area is 186 Å². The Balaban J connectivity index is 1.75. The summed E-state index contributed by atoms with van der Waals surface area (Å²) in [7, 11) is 0. The van der Waals surface area contributed by atoms with Crippen LogP contribution in [0.4, 0.5) is 5.69 Å². The van der Waals surface area contributed by atoms with E-state index in [4.69, 9.17) is 33.0 Å². The largest absolute Gasteiger partial charge is 0.488 e. The monoisotopic (exact) mass is 492 g/mol. The van der Waals surface area contributed by atoms with Crippen molar-refractivity contribution in [2.45, 2.75) is 6.61 Å². The van der Waals surface area contributed by atoms with Crippen LogP contribution < -0.4 is 10.2 Å². The summed E-state index contributed by atoms with van der Waals surface area (Å²) in [6.07, 6.45) is 1.59. The lowest BCUT2D eigenvalue weighted by Gasteiger charge is -2.11. The average molecular weight is 494 g/mol. The van der Waals surface area contributed by atoms with Gasteiger partial charge in [-0.2, -0.15) is 5.10 Å². The zero-order valence-electron chi connectivity index (χ0n) is 14.9. The molecule has 3 rings (SSSR count). The number of hydrogen-bond acceptors (Lipinski definition) is 4. The van der Waals surface area contributed by atoms with Crippen molar-refractivity contribution in [1.82, 2.24) is 0 Å². The fourth-order valence-electron chi connectivity index (χ4n) is 2.46. The van der Waals surface area contributed by atoms with E-state index in [0.717, 1.165) is 15.6 Å². The predicted molar refractivity (Wildman–Crippen MR) is 120 cm³/mol. The van der Waals surface area contributed by atoms with Gasteiger partial charge in [-0.3, -0.25) is 5.43 Å². The van der Waals surface area contributed by atoms with E-state index in [2.05, 4.69) is 26.5 Å². The van der Waals surface area contributed by atoms with Gasteiger partial charge in [0.25, 0.3) is 0 Å². The molecule has 0 fully saturated rings. The van der Waals surface area contributed by atoms with E-state index in [1.54, 1.807) is 12.3 Å². The van der Waals surface area contributed by atoms with Gasteiger partial charge in [-0.25, -0.2) is 4.79 Å². The van der Waals surface area contributed by atoms with Crippen LogP contribution >= 0.6 is 39.1 Å². The van der Waals surface area contributed by atoms with Crippen molar-refractivity contribution in [3.8, 4) is 5.75 Å². The molecule has 0 bridgehead atoms. The number of hydrogen-bond donors (Lipinski definition) is 2. The third-order valence-corrected chi connectivity index (χ3v) is 5.10. The molecule has 2 N–H and O–H groups in total. The second kappa shape index (κ2) is 9.78. The Morgan fingerprint density at radius 2 is 1.90 bits per heavy atom. The van der Waals surface area contributed by atoms with E-state index in [9.17, 15) is 4.79 Å². The first-order chi connectivity index (χ1) is 13.9. The van der Waals surface area contributed by atoms with Crippen LogP contribution in [0.5, 0.6) is 5.75 Å². The molecule has 8 heteroatoms. The average Bonchev–Trinajstić information content (AvgIpc) is 2.69. The van der Waals surface area contributed by atoms with Gasteiger partial charge in [0, 0.05) is 20.6 Å². The van der Waals surface area contributed by atoms with E-state index >= 15 is 0 Å². The standard InChI is InChI=1S/C21H15BrCl2N2O3/c22-15-5-8-20(29-12-13-3-1-2-4-18(13)23)14(9-15)11-25-26-16-6-7-19(24)17(10-16)21(27)28/h1-11,26H,12H2,(H,27,28). The first-order valence-corrected chi connectivity index (χ1v) is 9.96. The lowest BCUT2D eigenvalue weighted by Crippen LogP contribution is -2.01. The van der Waals surface area contributed by atoms with Crippen molar-refractivity contribution in [2.24, 2.45) is 5.10 Å². The Hall–Kier alpha value is -2.54. The maximum Gasteiger partial charge on any atom is 0.337 e. The van der Waals surface area contributed by atoms with Crippen LogP contribution in [-0.2, 0) is 6.61 Å². The molecule has 3 aromatic carbocycles. The van der Waals surface area contributed by atoms with E-state index < -0.39 is 5.97 Å². The second-order valence-electron chi connectivity index (χ2n) is 5.93. The summed E-state index contributed by atoms with van der Waals surface area (Å²) in [4.78, 5) is 11.2. The number of nitrogens with zero attached hydrogens (tertiary/aromatic N) is 1. The first kappa shape index (κ1) is 21.2. The molecule has 0 aliphatic heterocycles. The molecule has 0 aliphatic carbocycles. The van der Waals surface area contributed by atoms with E-state index in [1.165, 1.54) is 12.1 Å². The van der Waals surface area contributed by atoms with Crippen molar-refractivity contribution in [3.05, 3.63) is 91.9 Å². The molecule has 0 spiro atoms. The highest BCUT2D eigenvalue weighted by Crippen LogP contribution is 2.25. The fourth-order valence-corrected chi connectivity index (χ4v) is 3.23. The third-order valence-electron chi connectivity index (χ3n) is 3.91. The number of halogens is 3. The fraction of sp³-hybridized carbons (Fsp3) is 0.0476. The number of carboxylic acid groups (broad SMARTS) is 1. The highest BCUT2D eigenvalue weighted by atomic mass is 79.9. The van der Waals surface area contributed by atoms with Gasteiger partial charge in [-0.05, 0) is 42.5 Å².